The average molecular weight is 288 g/mol. The van der Waals surface area contributed by atoms with E-state index in [0.717, 1.165) is 5.56 Å². The minimum Gasteiger partial charge on any atom is -0.478 e. The summed E-state index contributed by atoms with van der Waals surface area (Å²) in [5, 5.41) is 14.4. The molecule has 110 valence electrons. The van der Waals surface area contributed by atoms with Crippen LogP contribution >= 0.6 is 0 Å². The molecule has 0 saturated heterocycles. The molecule has 0 atom stereocenters. The van der Waals surface area contributed by atoms with Crippen LogP contribution in [0.25, 0.3) is 0 Å². The number of amides is 2. The highest BCUT2D eigenvalue weighted by Gasteiger charge is 2.09. The number of nitrogens with one attached hydrogen (secondary N) is 2. The zero-order chi connectivity index (χ0) is 15.1. The van der Waals surface area contributed by atoms with Crippen molar-refractivity contribution in [2.24, 2.45) is 0 Å². The van der Waals surface area contributed by atoms with Gasteiger partial charge in [0.25, 0.3) is 0 Å². The van der Waals surface area contributed by atoms with Gasteiger partial charge < -0.3 is 20.2 Å². The SMILES string of the molecule is O=C(NCCc1ccccc1C(=O)O)NCc1ccoc1. The van der Waals surface area contributed by atoms with Gasteiger partial charge in [0, 0.05) is 18.7 Å². The molecule has 0 unspecified atom stereocenters. The van der Waals surface area contributed by atoms with Gasteiger partial charge in [0.05, 0.1) is 18.1 Å². The lowest BCUT2D eigenvalue weighted by Crippen LogP contribution is -2.36. The van der Waals surface area contributed by atoms with Crippen molar-refractivity contribution in [2.45, 2.75) is 13.0 Å². The highest BCUT2D eigenvalue weighted by molar-refractivity contribution is 5.89. The Morgan fingerprint density at radius 2 is 1.95 bits per heavy atom. The van der Waals surface area contributed by atoms with Crippen LogP contribution in [-0.2, 0) is 13.0 Å². The predicted octanol–water partition coefficient (Wildman–Crippen LogP) is 2.02. The van der Waals surface area contributed by atoms with Crippen LogP contribution in [0.4, 0.5) is 4.79 Å². The van der Waals surface area contributed by atoms with Crippen molar-refractivity contribution in [1.29, 1.82) is 0 Å². The van der Waals surface area contributed by atoms with E-state index >= 15 is 0 Å². The molecule has 2 aromatic rings. The Morgan fingerprint density at radius 1 is 1.14 bits per heavy atom. The number of carboxylic acids is 1. The molecule has 6 heteroatoms. The first-order valence-corrected chi connectivity index (χ1v) is 6.51. The summed E-state index contributed by atoms with van der Waals surface area (Å²) in [5.41, 5.74) is 1.83. The summed E-state index contributed by atoms with van der Waals surface area (Å²) in [6, 6.07) is 8.22. The van der Waals surface area contributed by atoms with Gasteiger partial charge in [0.15, 0.2) is 0 Å². The van der Waals surface area contributed by atoms with E-state index in [2.05, 4.69) is 10.6 Å². The number of carboxylic acid groups (broad SMARTS) is 1. The van der Waals surface area contributed by atoms with E-state index in [0.29, 0.717) is 25.1 Å². The standard InChI is InChI=1S/C15H16N2O4/c18-14(19)13-4-2-1-3-12(13)5-7-16-15(20)17-9-11-6-8-21-10-11/h1-4,6,8,10H,5,7,9H2,(H,18,19)(H2,16,17,20). The molecule has 1 heterocycles. The second-order valence-electron chi connectivity index (χ2n) is 4.45. The summed E-state index contributed by atoms with van der Waals surface area (Å²) in [5.74, 6) is -0.963. The number of hydrogen-bond acceptors (Lipinski definition) is 3. The number of carbonyl (C=O) groups is 2. The number of aromatic carboxylic acids is 1. The summed E-state index contributed by atoms with van der Waals surface area (Å²) in [6.45, 7) is 0.746. The number of carbonyl (C=O) groups excluding carboxylic acids is 1. The van der Waals surface area contributed by atoms with E-state index in [9.17, 15) is 9.59 Å². The quantitative estimate of drug-likeness (QED) is 0.758. The highest BCUT2D eigenvalue weighted by atomic mass is 16.4. The minimum absolute atomic E-state index is 0.262. The maximum atomic E-state index is 11.6. The van der Waals surface area contributed by atoms with Crippen molar-refractivity contribution in [1.82, 2.24) is 10.6 Å². The summed E-state index contributed by atoms with van der Waals surface area (Å²) in [7, 11) is 0. The molecule has 0 aliphatic heterocycles. The molecule has 0 bridgehead atoms. The predicted molar refractivity (Wildman–Crippen MR) is 76.1 cm³/mol. The molecular formula is C15H16N2O4. The monoisotopic (exact) mass is 288 g/mol. The van der Waals surface area contributed by atoms with E-state index in [4.69, 9.17) is 9.52 Å². The highest BCUT2D eigenvalue weighted by Crippen LogP contribution is 2.08. The second kappa shape index (κ2) is 7.14. The maximum absolute atomic E-state index is 11.6. The molecule has 0 aliphatic carbocycles. The number of benzene rings is 1. The van der Waals surface area contributed by atoms with Gasteiger partial charge in [-0.2, -0.15) is 0 Å². The zero-order valence-corrected chi connectivity index (χ0v) is 11.3. The molecule has 1 aromatic carbocycles. The smallest absolute Gasteiger partial charge is 0.335 e. The van der Waals surface area contributed by atoms with Crippen molar-refractivity contribution in [3.05, 3.63) is 59.5 Å². The minimum atomic E-state index is -0.963. The third-order valence-electron chi connectivity index (χ3n) is 2.96. The number of rotatable bonds is 6. The van der Waals surface area contributed by atoms with E-state index in [1.807, 2.05) is 0 Å². The van der Waals surface area contributed by atoms with Crippen LogP contribution in [0.15, 0.2) is 47.3 Å². The summed E-state index contributed by atoms with van der Waals surface area (Å²) < 4.78 is 4.89. The summed E-state index contributed by atoms with van der Waals surface area (Å²) in [6.07, 6.45) is 3.56. The first-order valence-electron chi connectivity index (χ1n) is 6.51. The van der Waals surface area contributed by atoms with Crippen LogP contribution in [0.3, 0.4) is 0 Å². The topological polar surface area (TPSA) is 91.6 Å². The van der Waals surface area contributed by atoms with Gasteiger partial charge in [-0.05, 0) is 24.1 Å². The molecule has 21 heavy (non-hydrogen) atoms. The molecule has 0 saturated carbocycles. The molecule has 2 amide bonds. The maximum Gasteiger partial charge on any atom is 0.335 e. The third-order valence-corrected chi connectivity index (χ3v) is 2.96. The van der Waals surface area contributed by atoms with E-state index < -0.39 is 5.97 Å². The molecule has 3 N–H and O–H groups in total. The van der Waals surface area contributed by atoms with Gasteiger partial charge in [-0.15, -0.1) is 0 Å². The first-order chi connectivity index (χ1) is 10.2. The number of urea groups is 1. The first kappa shape index (κ1) is 14.6. The Hall–Kier alpha value is -2.76. The molecule has 0 radical (unpaired) electrons. The number of hydrogen-bond donors (Lipinski definition) is 3. The fourth-order valence-electron chi connectivity index (χ4n) is 1.90. The van der Waals surface area contributed by atoms with Crippen LogP contribution in [0.1, 0.15) is 21.5 Å². The van der Waals surface area contributed by atoms with Gasteiger partial charge in [-0.25, -0.2) is 9.59 Å². The Labute approximate surface area is 121 Å². The van der Waals surface area contributed by atoms with Crippen molar-refractivity contribution in [3.63, 3.8) is 0 Å². The summed E-state index contributed by atoms with van der Waals surface area (Å²) >= 11 is 0. The Morgan fingerprint density at radius 3 is 2.67 bits per heavy atom. The lowest BCUT2D eigenvalue weighted by Gasteiger charge is -2.08. The molecule has 0 fully saturated rings. The van der Waals surface area contributed by atoms with Crippen molar-refractivity contribution >= 4 is 12.0 Å². The van der Waals surface area contributed by atoms with Crippen LogP contribution in [-0.4, -0.2) is 23.7 Å². The zero-order valence-electron chi connectivity index (χ0n) is 11.3. The van der Waals surface area contributed by atoms with Gasteiger partial charge in [-0.1, -0.05) is 18.2 Å². The lowest BCUT2D eigenvalue weighted by atomic mass is 10.0. The lowest BCUT2D eigenvalue weighted by molar-refractivity contribution is 0.0695. The van der Waals surface area contributed by atoms with Crippen LogP contribution < -0.4 is 10.6 Å². The molecule has 0 aliphatic rings. The fourth-order valence-corrected chi connectivity index (χ4v) is 1.90. The Bertz CT molecular complexity index is 608. The van der Waals surface area contributed by atoms with Gasteiger partial charge >= 0.3 is 12.0 Å². The largest absolute Gasteiger partial charge is 0.478 e. The van der Waals surface area contributed by atoms with Gasteiger partial charge in [-0.3, -0.25) is 0 Å². The summed E-state index contributed by atoms with van der Waals surface area (Å²) in [4.78, 5) is 22.6. The van der Waals surface area contributed by atoms with Gasteiger partial charge in [0.2, 0.25) is 0 Å². The van der Waals surface area contributed by atoms with E-state index in [1.165, 1.54) is 6.26 Å². The fraction of sp³-hybridized carbons (Fsp3) is 0.200. The third kappa shape index (κ3) is 4.38. The van der Waals surface area contributed by atoms with E-state index in [1.54, 1.807) is 36.6 Å². The second-order valence-corrected chi connectivity index (χ2v) is 4.45. The van der Waals surface area contributed by atoms with Crippen molar-refractivity contribution in [2.75, 3.05) is 6.54 Å². The van der Waals surface area contributed by atoms with Crippen LogP contribution in [0.2, 0.25) is 0 Å². The molecular weight excluding hydrogens is 272 g/mol. The normalized spacial score (nSPS) is 10.1. The Balaban J connectivity index is 1.76. The molecule has 6 nitrogen and oxygen atoms in total. The van der Waals surface area contributed by atoms with Crippen LogP contribution in [0.5, 0.6) is 0 Å². The van der Waals surface area contributed by atoms with Crippen molar-refractivity contribution in [3.8, 4) is 0 Å². The molecule has 1 aromatic heterocycles. The van der Waals surface area contributed by atoms with E-state index in [-0.39, 0.29) is 11.6 Å². The average Bonchev–Trinajstić information content (AvgIpc) is 2.99. The van der Waals surface area contributed by atoms with Crippen molar-refractivity contribution < 1.29 is 19.1 Å². The van der Waals surface area contributed by atoms with Crippen LogP contribution in [0, 0.1) is 0 Å². The number of furan rings is 1. The Kier molecular flexibility index (Phi) is 4.98. The molecule has 2 rings (SSSR count). The van der Waals surface area contributed by atoms with Gasteiger partial charge in [0.1, 0.15) is 0 Å². The molecule has 0 spiro atoms.